The van der Waals surface area contributed by atoms with Gasteiger partial charge in [-0.1, -0.05) is 78.3 Å². The second-order valence-electron chi connectivity index (χ2n) is 33.9. The van der Waals surface area contributed by atoms with Gasteiger partial charge in [0.2, 0.25) is 0 Å². The van der Waals surface area contributed by atoms with E-state index in [4.69, 9.17) is 59.3 Å². The number of nitrogens with zero attached hydrogens (tertiary/aromatic N) is 10. The van der Waals surface area contributed by atoms with Crippen LogP contribution in [0.5, 0.6) is 40.2 Å². The molecule has 1 atom stereocenters. The molecule has 656 valence electrons. The topological polar surface area (TPSA) is 210 Å². The van der Waals surface area contributed by atoms with Crippen LogP contribution in [0.3, 0.4) is 0 Å². The molecule has 21 rings (SSSR count). The van der Waals surface area contributed by atoms with Crippen LogP contribution in [-0.4, -0.2) is 170 Å². The monoisotopic (exact) mass is 1740 g/mol. The van der Waals surface area contributed by atoms with Gasteiger partial charge in [0.25, 0.3) is 23.6 Å². The Balaban J connectivity index is 0.000000115. The molecule has 127 heavy (non-hydrogen) atoms. The first kappa shape index (κ1) is 85.0. The summed E-state index contributed by atoms with van der Waals surface area (Å²) in [6, 6.07) is 66.5. The number of hydrogen-bond acceptors (Lipinski definition) is 15. The molecule has 12 aromatic rings. The third-order valence-corrected chi connectivity index (χ3v) is 25.8. The van der Waals surface area contributed by atoms with Gasteiger partial charge in [-0.05, 0) is 173 Å². The molecule has 0 aliphatic carbocycles. The number of carbonyl (C=O) groups excluding carboxylic acids is 4. The van der Waals surface area contributed by atoms with E-state index >= 15 is 0 Å². The Morgan fingerprint density at radius 3 is 1.54 bits per heavy atom. The van der Waals surface area contributed by atoms with E-state index in [-0.39, 0.29) is 47.3 Å². The van der Waals surface area contributed by atoms with Gasteiger partial charge in [0.05, 0.1) is 76.3 Å². The first-order valence-electron chi connectivity index (χ1n) is 43.5. The van der Waals surface area contributed by atoms with E-state index in [2.05, 4.69) is 74.4 Å². The molecule has 9 aliphatic rings. The van der Waals surface area contributed by atoms with Crippen molar-refractivity contribution in [1.82, 2.24) is 48.1 Å². The molecule has 5 fully saturated rings. The van der Waals surface area contributed by atoms with Crippen LogP contribution in [0, 0.1) is 13.8 Å². The highest BCUT2D eigenvalue weighted by Crippen LogP contribution is 2.52. The summed E-state index contributed by atoms with van der Waals surface area (Å²) in [4.78, 5) is 64.2. The normalized spacial score (nSPS) is 17.7. The number of amides is 4. The summed E-state index contributed by atoms with van der Waals surface area (Å²) in [6.07, 6.45) is 7.18. The van der Waals surface area contributed by atoms with Crippen molar-refractivity contribution in [3.8, 4) is 68.6 Å². The molecule has 14 heterocycles. The maximum Gasteiger partial charge on any atom is 0.419 e. The number of para-hydroxylation sites is 7. The summed E-state index contributed by atoms with van der Waals surface area (Å²) in [6.45, 7) is 14.1. The number of alkyl halides is 3. The third kappa shape index (κ3) is 16.7. The van der Waals surface area contributed by atoms with E-state index in [0.717, 1.165) is 111 Å². The standard InChI is InChI=1S/C27H25F3N2O4.C25H25ClN2O4.C25H28N4O3.C23H22N2O2/c28-27(29,30)20-16-18(7-8-22(20)35-19-9-15-34-17-19)25(33)31-13-10-26(11-14-31)24-6-3-12-32(24)21-4-1-2-5-23(21)36-26;1-30-15-16-31-21-9-8-18(17-19(21)26)24(29)27-13-10-25(11-14-27)23-7-4-12-28(23)20-5-2-3-6-22(20)32-25;1-16(2)31-21-10-9-20(26-17(21)3)24(30)29-13-11-25(12-14-29)19-15-28(4)27-23(19)18-7-5-6-8-22(18)32-25;1-17-11-12-21-23(27-20-10-6-5-9-19(20)25(17)21)13-15-24(16-14-23)22(26)18-7-3-2-4-8-18/h1-8,12,16,19H,9-11,13-15,17H2;2-9,12,17H,10-11,13-16H2,1H3;5-10,15-16H,11-14H2,1-4H3;2-12H,13-16H2,1H3. The predicted molar refractivity (Wildman–Crippen MR) is 472 cm³/mol. The van der Waals surface area contributed by atoms with Crippen LogP contribution in [0.1, 0.15) is 153 Å². The molecule has 0 N–H and O–H groups in total. The van der Waals surface area contributed by atoms with Gasteiger partial charge in [-0.3, -0.25) is 23.9 Å². The van der Waals surface area contributed by atoms with Gasteiger partial charge >= 0.3 is 6.18 Å². The lowest BCUT2D eigenvalue weighted by atomic mass is 9.81. The first-order chi connectivity index (χ1) is 61.5. The zero-order valence-electron chi connectivity index (χ0n) is 71.7. The molecule has 0 saturated carbocycles. The third-order valence-electron chi connectivity index (χ3n) is 25.5. The summed E-state index contributed by atoms with van der Waals surface area (Å²) >= 11 is 6.34. The first-order valence-corrected chi connectivity index (χ1v) is 43.8. The Hall–Kier alpha value is -12.8. The Kier molecular flexibility index (Phi) is 23.6. The smallest absolute Gasteiger partial charge is 0.419 e. The minimum atomic E-state index is -4.65. The highest BCUT2D eigenvalue weighted by molar-refractivity contribution is 6.32. The molecule has 0 bridgehead atoms. The molecule has 4 spiro atoms. The van der Waals surface area contributed by atoms with Gasteiger partial charge in [-0.2, -0.15) is 18.3 Å². The second-order valence-corrected chi connectivity index (χ2v) is 34.3. The fourth-order valence-corrected chi connectivity index (χ4v) is 19.2. The molecule has 0 radical (unpaired) electrons. The van der Waals surface area contributed by atoms with Gasteiger partial charge in [-0.25, -0.2) is 4.98 Å². The Labute approximate surface area is 739 Å². The van der Waals surface area contributed by atoms with Gasteiger partial charge in [0.15, 0.2) is 16.8 Å². The largest absolute Gasteiger partial charge is 0.490 e. The quantitative estimate of drug-likeness (QED) is 0.104. The van der Waals surface area contributed by atoms with Gasteiger partial charge < -0.3 is 75.9 Å². The molecule has 7 aromatic carbocycles. The molecule has 27 heteroatoms. The predicted octanol–water partition coefficient (Wildman–Crippen LogP) is 18.3. The highest BCUT2D eigenvalue weighted by atomic mass is 35.5. The van der Waals surface area contributed by atoms with Crippen molar-refractivity contribution >= 4 is 35.2 Å². The van der Waals surface area contributed by atoms with Crippen LogP contribution < -0.4 is 33.2 Å². The number of rotatable bonds is 12. The van der Waals surface area contributed by atoms with Gasteiger partial charge in [-0.15, -0.1) is 0 Å². The number of pyridine rings is 1. The van der Waals surface area contributed by atoms with Crippen LogP contribution >= 0.6 is 11.6 Å². The zero-order valence-corrected chi connectivity index (χ0v) is 72.5. The molecule has 9 aliphatic heterocycles. The van der Waals surface area contributed by atoms with Crippen molar-refractivity contribution < 1.29 is 75.0 Å². The number of aromatic nitrogens is 6. The number of likely N-dealkylation sites (tertiary alicyclic amines) is 4. The number of hydrogen-bond donors (Lipinski definition) is 0. The van der Waals surface area contributed by atoms with E-state index in [9.17, 15) is 32.3 Å². The number of ether oxygens (including phenoxy) is 9. The van der Waals surface area contributed by atoms with Crippen molar-refractivity contribution in [1.29, 1.82) is 0 Å². The van der Waals surface area contributed by atoms with Crippen LogP contribution in [0.2, 0.25) is 5.02 Å². The second kappa shape index (κ2) is 35.2. The molecule has 4 amide bonds. The molecule has 5 aromatic heterocycles. The van der Waals surface area contributed by atoms with Crippen molar-refractivity contribution in [3.05, 3.63) is 298 Å². The van der Waals surface area contributed by atoms with Crippen molar-refractivity contribution in [2.75, 3.05) is 85.9 Å². The Morgan fingerprint density at radius 1 is 0.512 bits per heavy atom. The fraction of sp³-hybridized carbons (Fsp3) is 0.340. The lowest BCUT2D eigenvalue weighted by Gasteiger charge is -2.45. The average molecular weight is 1740 g/mol. The number of fused-ring (bicyclic) bond motifs is 16. The molecular formula is C100H100ClF3N10O13. The number of piperidine rings is 4. The number of halogens is 4. The minimum absolute atomic E-state index is 0.00780. The molecule has 1 unspecified atom stereocenters. The van der Waals surface area contributed by atoms with E-state index < -0.39 is 40.6 Å². The van der Waals surface area contributed by atoms with Crippen LogP contribution in [0.4, 0.5) is 13.2 Å². The van der Waals surface area contributed by atoms with E-state index in [1.54, 1.807) is 36.3 Å². The van der Waals surface area contributed by atoms with Crippen LogP contribution in [0.25, 0.3) is 28.3 Å². The fourth-order valence-electron chi connectivity index (χ4n) is 19.0. The summed E-state index contributed by atoms with van der Waals surface area (Å²) in [5.74, 6) is 4.02. The van der Waals surface area contributed by atoms with Gasteiger partial charge in [0.1, 0.15) is 69.9 Å². The highest BCUT2D eigenvalue weighted by Gasteiger charge is 2.51. The van der Waals surface area contributed by atoms with E-state index in [1.165, 1.54) is 23.5 Å². The van der Waals surface area contributed by atoms with E-state index in [0.29, 0.717) is 132 Å². The van der Waals surface area contributed by atoms with Crippen molar-refractivity contribution in [3.63, 3.8) is 0 Å². The minimum Gasteiger partial charge on any atom is -0.490 e. The molecule has 23 nitrogen and oxygen atoms in total. The summed E-state index contributed by atoms with van der Waals surface area (Å²) in [5, 5.41) is 5.14. The van der Waals surface area contributed by atoms with Gasteiger partial charge in [0, 0.05) is 176 Å². The Bertz CT molecular complexity index is 6060. The van der Waals surface area contributed by atoms with Crippen LogP contribution in [-0.2, 0) is 45.1 Å². The Morgan fingerprint density at radius 2 is 1.00 bits per heavy atom. The maximum atomic E-state index is 13.8. The van der Waals surface area contributed by atoms with Crippen LogP contribution in [0.15, 0.2) is 231 Å². The van der Waals surface area contributed by atoms with Crippen molar-refractivity contribution in [2.45, 2.75) is 126 Å². The van der Waals surface area contributed by atoms with E-state index in [1.807, 2.05) is 187 Å². The SMILES string of the molecule is COCCOc1ccc(C(=O)N2CCC3(CC2)Oc2ccccc2-n2cccc23)cc1Cl.Cc1ccc2n1-c1ccccc1OC21CCN(C(=O)c2ccccc2)CC1.Cc1nc(C(=O)N2CCC3(CC2)Oc2ccccc2-c2nn(C)cc23)ccc1OC(C)C.O=C(c1ccc(OC2CCOC2)c(C(F)(F)F)c1)N1CCC2(CC1)Oc1ccccc1-n1cccc12. The lowest BCUT2D eigenvalue weighted by molar-refractivity contribution is -0.139. The zero-order chi connectivity index (χ0) is 87.9. The maximum absolute atomic E-state index is 13.8. The molecule has 5 saturated heterocycles. The number of benzene rings is 7. The lowest BCUT2D eigenvalue weighted by Crippen LogP contribution is -2.50. The summed E-state index contributed by atoms with van der Waals surface area (Å²) in [7, 11) is 3.55. The number of aryl methyl sites for hydroxylation is 3. The average Bonchev–Trinajstić information content (AvgIpc) is 1.69. The van der Waals surface area contributed by atoms with Crippen molar-refractivity contribution in [2.24, 2.45) is 7.05 Å². The summed E-state index contributed by atoms with van der Waals surface area (Å²) < 4.78 is 103. The number of methoxy groups -OCH3 is 1. The number of carbonyl (C=O) groups is 4. The summed E-state index contributed by atoms with van der Waals surface area (Å²) in [5.41, 5.74) is 10.5. The molecular weight excluding hydrogens is 1640 g/mol.